The number of methoxy groups -OCH3 is 2. The van der Waals surface area contributed by atoms with E-state index in [0.717, 1.165) is 43.5 Å². The Labute approximate surface area is 185 Å². The lowest BCUT2D eigenvalue weighted by molar-refractivity contribution is -0.137. The Morgan fingerprint density at radius 3 is 2.34 bits per heavy atom. The summed E-state index contributed by atoms with van der Waals surface area (Å²) in [4.78, 5) is 17.1. The van der Waals surface area contributed by atoms with Crippen LogP contribution in [-0.2, 0) is 6.18 Å². The number of hydrogen-bond acceptors (Lipinski definition) is 4. The van der Waals surface area contributed by atoms with Crippen LogP contribution in [0.2, 0.25) is 0 Å². The smallest absolute Gasteiger partial charge is 0.416 e. The molecule has 8 heteroatoms. The van der Waals surface area contributed by atoms with E-state index < -0.39 is 11.7 Å². The van der Waals surface area contributed by atoms with Crippen LogP contribution in [-0.4, -0.2) is 55.6 Å². The quantitative estimate of drug-likeness (QED) is 0.676. The van der Waals surface area contributed by atoms with Gasteiger partial charge in [-0.05, 0) is 61.2 Å². The molecule has 32 heavy (non-hydrogen) atoms. The average molecular weight is 448 g/mol. The summed E-state index contributed by atoms with van der Waals surface area (Å²) in [5.74, 6) is 1.17. The lowest BCUT2D eigenvalue weighted by Crippen LogP contribution is -2.57. The molecule has 1 amide bonds. The number of alkyl halides is 3. The van der Waals surface area contributed by atoms with E-state index in [1.807, 2.05) is 12.1 Å². The minimum absolute atomic E-state index is 0.216. The van der Waals surface area contributed by atoms with Crippen molar-refractivity contribution in [2.75, 3.05) is 33.9 Å². The van der Waals surface area contributed by atoms with Crippen molar-refractivity contribution in [1.82, 2.24) is 9.80 Å². The van der Waals surface area contributed by atoms with E-state index >= 15 is 0 Å². The molecule has 0 N–H and O–H groups in total. The number of nitrogens with zero attached hydrogens (tertiary/aromatic N) is 2. The van der Waals surface area contributed by atoms with Crippen molar-refractivity contribution < 1.29 is 27.4 Å². The maximum Gasteiger partial charge on any atom is 0.416 e. The van der Waals surface area contributed by atoms with Crippen molar-refractivity contribution in [1.29, 1.82) is 0 Å². The van der Waals surface area contributed by atoms with Gasteiger partial charge in [-0.15, -0.1) is 0 Å². The number of hydrogen-bond donors (Lipinski definition) is 0. The number of carbonyl (C=O) groups is 1. The van der Waals surface area contributed by atoms with Crippen molar-refractivity contribution in [2.45, 2.75) is 37.5 Å². The van der Waals surface area contributed by atoms with Gasteiger partial charge in [-0.2, -0.15) is 13.2 Å². The van der Waals surface area contributed by atoms with Crippen LogP contribution < -0.4 is 9.47 Å². The molecule has 0 radical (unpaired) electrons. The maximum absolute atomic E-state index is 12.9. The number of ether oxygens (including phenoxy) is 2. The molecule has 0 aliphatic carbocycles. The van der Waals surface area contributed by atoms with Crippen molar-refractivity contribution in [2.24, 2.45) is 0 Å². The van der Waals surface area contributed by atoms with Crippen LogP contribution in [0.1, 0.15) is 46.8 Å². The highest BCUT2D eigenvalue weighted by Gasteiger charge is 2.37. The van der Waals surface area contributed by atoms with Gasteiger partial charge in [-0.1, -0.05) is 6.07 Å². The zero-order valence-electron chi connectivity index (χ0n) is 18.2. The number of piperidine rings is 1. The second kappa shape index (κ2) is 9.02. The number of benzene rings is 2. The third-order valence-electron chi connectivity index (χ3n) is 6.48. The molecule has 2 aliphatic rings. The molecule has 0 saturated carbocycles. The number of carbonyl (C=O) groups excluding carboxylic acids is 1. The molecule has 2 aliphatic heterocycles. The molecule has 0 unspecified atom stereocenters. The predicted molar refractivity (Wildman–Crippen MR) is 114 cm³/mol. The molecule has 2 aromatic carbocycles. The Hall–Kier alpha value is -2.74. The summed E-state index contributed by atoms with van der Waals surface area (Å²) in [5.41, 5.74) is 0.706. The summed E-state index contributed by atoms with van der Waals surface area (Å²) in [6.07, 6.45) is -1.35. The normalized spacial score (nSPS) is 21.7. The zero-order chi connectivity index (χ0) is 22.9. The zero-order valence-corrected chi connectivity index (χ0v) is 18.2. The summed E-state index contributed by atoms with van der Waals surface area (Å²) in [6.45, 7) is 1.83. The summed E-state index contributed by atoms with van der Waals surface area (Å²) in [6, 6.07) is 10.9. The minimum Gasteiger partial charge on any atom is -0.493 e. The maximum atomic E-state index is 12.9. The van der Waals surface area contributed by atoms with E-state index in [0.29, 0.717) is 30.2 Å². The van der Waals surface area contributed by atoms with Crippen LogP contribution in [0.3, 0.4) is 0 Å². The first-order valence-corrected chi connectivity index (χ1v) is 10.8. The third-order valence-corrected chi connectivity index (χ3v) is 6.48. The van der Waals surface area contributed by atoms with Gasteiger partial charge in [0.15, 0.2) is 11.5 Å². The second-order valence-electron chi connectivity index (χ2n) is 8.28. The molecule has 2 atom stereocenters. The molecule has 0 spiro atoms. The molecular weight excluding hydrogens is 421 g/mol. The molecule has 0 bridgehead atoms. The fraction of sp³-hybridized carbons (Fsp3) is 0.458. The van der Waals surface area contributed by atoms with Gasteiger partial charge in [0.2, 0.25) is 0 Å². The van der Waals surface area contributed by atoms with Crippen molar-refractivity contribution in [3.05, 3.63) is 59.2 Å². The Morgan fingerprint density at radius 1 is 0.969 bits per heavy atom. The minimum atomic E-state index is -4.41. The van der Waals surface area contributed by atoms with Gasteiger partial charge < -0.3 is 14.4 Å². The molecule has 2 saturated heterocycles. The summed E-state index contributed by atoms with van der Waals surface area (Å²) in [5, 5.41) is 0. The largest absolute Gasteiger partial charge is 0.493 e. The fourth-order valence-corrected chi connectivity index (χ4v) is 4.84. The van der Waals surface area contributed by atoms with Crippen LogP contribution in [0.15, 0.2) is 42.5 Å². The van der Waals surface area contributed by atoms with Crippen molar-refractivity contribution >= 4 is 5.91 Å². The number of amides is 1. The Bertz CT molecular complexity index is 962. The predicted octanol–water partition coefficient (Wildman–Crippen LogP) is 4.77. The topological polar surface area (TPSA) is 42.0 Å². The first-order chi connectivity index (χ1) is 15.3. The molecule has 2 fully saturated rings. The Kier molecular flexibility index (Phi) is 6.33. The van der Waals surface area contributed by atoms with Gasteiger partial charge in [-0.3, -0.25) is 9.69 Å². The fourth-order valence-electron chi connectivity index (χ4n) is 4.84. The molecule has 4 rings (SSSR count). The molecular formula is C24H27F3N2O3. The lowest BCUT2D eigenvalue weighted by atomic mass is 9.89. The summed E-state index contributed by atoms with van der Waals surface area (Å²) in [7, 11) is 3.23. The highest BCUT2D eigenvalue weighted by atomic mass is 19.4. The molecule has 2 heterocycles. The highest BCUT2D eigenvalue weighted by Crippen LogP contribution is 2.39. The van der Waals surface area contributed by atoms with E-state index in [9.17, 15) is 18.0 Å². The first-order valence-electron chi connectivity index (χ1n) is 10.8. The summed E-state index contributed by atoms with van der Waals surface area (Å²) < 4.78 is 49.2. The van der Waals surface area contributed by atoms with Gasteiger partial charge in [0.1, 0.15) is 0 Å². The molecule has 5 nitrogen and oxygen atoms in total. The monoisotopic (exact) mass is 448 g/mol. The van der Waals surface area contributed by atoms with Crippen LogP contribution in [0.25, 0.3) is 0 Å². The number of fused-ring (bicyclic) bond motifs is 1. The van der Waals surface area contributed by atoms with Crippen molar-refractivity contribution in [3.8, 4) is 11.5 Å². The van der Waals surface area contributed by atoms with Gasteiger partial charge in [0.25, 0.3) is 5.91 Å². The Morgan fingerprint density at radius 2 is 1.69 bits per heavy atom. The van der Waals surface area contributed by atoms with Crippen molar-refractivity contribution in [3.63, 3.8) is 0 Å². The van der Waals surface area contributed by atoms with Crippen LogP contribution in [0.4, 0.5) is 13.2 Å². The lowest BCUT2D eigenvalue weighted by Gasteiger charge is -2.48. The number of rotatable bonds is 4. The molecule has 2 aromatic rings. The number of halogens is 3. The van der Waals surface area contributed by atoms with Gasteiger partial charge in [-0.25, -0.2) is 0 Å². The number of piperazine rings is 1. The second-order valence-corrected chi connectivity index (χ2v) is 8.28. The van der Waals surface area contributed by atoms with Gasteiger partial charge in [0, 0.05) is 37.3 Å². The highest BCUT2D eigenvalue weighted by molar-refractivity contribution is 5.94. The average Bonchev–Trinajstić information content (AvgIpc) is 2.82. The molecule has 172 valence electrons. The van der Waals surface area contributed by atoms with E-state index in [-0.39, 0.29) is 18.0 Å². The van der Waals surface area contributed by atoms with E-state index in [2.05, 4.69) is 11.0 Å². The first kappa shape index (κ1) is 22.5. The van der Waals surface area contributed by atoms with Crippen LogP contribution >= 0.6 is 0 Å². The van der Waals surface area contributed by atoms with Crippen LogP contribution in [0, 0.1) is 0 Å². The van der Waals surface area contributed by atoms with Gasteiger partial charge in [0.05, 0.1) is 19.8 Å². The summed E-state index contributed by atoms with van der Waals surface area (Å²) >= 11 is 0. The molecule has 0 aromatic heterocycles. The van der Waals surface area contributed by atoms with E-state index in [1.165, 1.54) is 12.1 Å². The van der Waals surface area contributed by atoms with Crippen LogP contribution in [0.5, 0.6) is 11.5 Å². The Balaban J connectivity index is 1.47. The third kappa shape index (κ3) is 4.41. The van der Waals surface area contributed by atoms with Gasteiger partial charge >= 0.3 is 6.18 Å². The standard InChI is InChI=1S/C24H27F3N2O3/c1-31-21-11-8-17(14-22(21)32-2)20-5-3-4-19-15-28(12-13-29(19)20)23(30)16-6-9-18(10-7-16)24(25,26)27/h6-11,14,19-20H,3-5,12-13,15H2,1-2H3/t19-,20+/m0/s1. The SMILES string of the molecule is COc1ccc([C@H]2CCC[C@H]3CN(C(=O)c4ccc(C(F)(F)F)cc4)CCN32)cc1OC. The van der Waals surface area contributed by atoms with E-state index in [4.69, 9.17) is 9.47 Å². The van der Waals surface area contributed by atoms with E-state index in [1.54, 1.807) is 19.1 Å².